The first-order valence-electron chi connectivity index (χ1n) is 6.63. The van der Waals surface area contributed by atoms with Crippen LogP contribution in [0.15, 0.2) is 24.3 Å². The first-order chi connectivity index (χ1) is 9.15. The fraction of sp³-hybridized carbons (Fsp3) is 0.600. The average Bonchev–Trinajstić information content (AvgIpc) is 2.37. The van der Waals surface area contributed by atoms with Gasteiger partial charge in [0.1, 0.15) is 5.75 Å². The van der Waals surface area contributed by atoms with Gasteiger partial charge >= 0.3 is 0 Å². The summed E-state index contributed by atoms with van der Waals surface area (Å²) in [6.45, 7) is 6.20. The van der Waals surface area contributed by atoms with Gasteiger partial charge in [-0.25, -0.2) is 0 Å². The molecule has 0 aromatic heterocycles. The molecule has 0 spiro atoms. The van der Waals surface area contributed by atoms with Crippen molar-refractivity contribution in [2.24, 2.45) is 0 Å². The van der Waals surface area contributed by atoms with Gasteiger partial charge in [0.25, 0.3) is 0 Å². The number of hydrogen-bond donors (Lipinski definition) is 1. The summed E-state index contributed by atoms with van der Waals surface area (Å²) in [5.41, 5.74) is 1.20. The predicted octanol–water partition coefficient (Wildman–Crippen LogP) is 2.22. The van der Waals surface area contributed by atoms with Gasteiger partial charge in [-0.3, -0.25) is 0 Å². The summed E-state index contributed by atoms with van der Waals surface area (Å²) in [4.78, 5) is 0. The second kappa shape index (κ2) is 8.91. The first-order valence-corrected chi connectivity index (χ1v) is 6.63. The minimum Gasteiger partial charge on any atom is -0.491 e. The number of hydrogen-bond acceptors (Lipinski definition) is 4. The molecule has 0 amide bonds. The molecule has 0 radical (unpaired) electrons. The lowest BCUT2D eigenvalue weighted by Gasteiger charge is -2.15. The fourth-order valence-corrected chi connectivity index (χ4v) is 1.77. The van der Waals surface area contributed by atoms with Crippen molar-refractivity contribution >= 4 is 0 Å². The van der Waals surface area contributed by atoms with E-state index < -0.39 is 0 Å². The highest BCUT2D eigenvalue weighted by molar-refractivity contribution is 5.28. The Morgan fingerprint density at radius 2 is 2.00 bits per heavy atom. The lowest BCUT2D eigenvalue weighted by Crippen LogP contribution is -2.31. The van der Waals surface area contributed by atoms with Crippen LogP contribution in [0.4, 0.5) is 0 Å². The molecule has 1 aromatic rings. The molecule has 1 aromatic carbocycles. The van der Waals surface area contributed by atoms with Crippen LogP contribution in [-0.2, 0) is 16.0 Å². The van der Waals surface area contributed by atoms with Crippen LogP contribution in [0.25, 0.3) is 0 Å². The van der Waals surface area contributed by atoms with E-state index in [9.17, 15) is 0 Å². The summed E-state index contributed by atoms with van der Waals surface area (Å²) in [6, 6.07) is 8.13. The molecule has 1 rings (SSSR count). The van der Waals surface area contributed by atoms with Crippen molar-refractivity contribution in [3.05, 3.63) is 29.8 Å². The number of methoxy groups -OCH3 is 2. The quantitative estimate of drug-likeness (QED) is 0.745. The van der Waals surface area contributed by atoms with Gasteiger partial charge in [-0.15, -0.1) is 0 Å². The third-order valence-corrected chi connectivity index (χ3v) is 2.66. The molecule has 0 aliphatic rings. The van der Waals surface area contributed by atoms with Crippen molar-refractivity contribution in [2.75, 3.05) is 27.4 Å². The molecule has 0 aliphatic heterocycles. The minimum atomic E-state index is 0.0834. The van der Waals surface area contributed by atoms with Crippen molar-refractivity contribution in [1.29, 1.82) is 0 Å². The van der Waals surface area contributed by atoms with Crippen LogP contribution in [-0.4, -0.2) is 39.6 Å². The molecule has 0 saturated heterocycles. The van der Waals surface area contributed by atoms with Crippen molar-refractivity contribution in [2.45, 2.75) is 32.6 Å². The van der Waals surface area contributed by atoms with E-state index in [1.54, 1.807) is 14.2 Å². The SMILES string of the molecule is COCC(CNCc1cccc(OC(C)C)c1)OC. The molecule has 1 unspecified atom stereocenters. The molecule has 4 heteroatoms. The van der Waals surface area contributed by atoms with Gasteiger partial charge in [0.05, 0.1) is 18.8 Å². The minimum absolute atomic E-state index is 0.0834. The van der Waals surface area contributed by atoms with Crippen LogP contribution in [0, 0.1) is 0 Å². The maximum Gasteiger partial charge on any atom is 0.120 e. The topological polar surface area (TPSA) is 39.7 Å². The molecule has 0 fully saturated rings. The molecule has 0 heterocycles. The van der Waals surface area contributed by atoms with Crippen molar-refractivity contribution in [3.8, 4) is 5.75 Å². The number of benzene rings is 1. The molecular weight excluding hydrogens is 242 g/mol. The van der Waals surface area contributed by atoms with E-state index >= 15 is 0 Å². The summed E-state index contributed by atoms with van der Waals surface area (Å²) >= 11 is 0. The van der Waals surface area contributed by atoms with Crippen LogP contribution in [0.2, 0.25) is 0 Å². The fourth-order valence-electron chi connectivity index (χ4n) is 1.77. The molecular formula is C15H25NO3. The van der Waals surface area contributed by atoms with Crippen LogP contribution in [0.3, 0.4) is 0 Å². The summed E-state index contributed by atoms with van der Waals surface area (Å²) in [5, 5.41) is 3.36. The van der Waals surface area contributed by atoms with E-state index in [0.717, 1.165) is 18.8 Å². The van der Waals surface area contributed by atoms with Crippen LogP contribution < -0.4 is 10.1 Å². The predicted molar refractivity (Wildman–Crippen MR) is 76.6 cm³/mol. The van der Waals surface area contributed by atoms with Gasteiger partial charge in [0, 0.05) is 27.3 Å². The zero-order valence-corrected chi connectivity index (χ0v) is 12.3. The van der Waals surface area contributed by atoms with Crippen molar-refractivity contribution in [1.82, 2.24) is 5.32 Å². The first kappa shape index (κ1) is 16.0. The molecule has 4 nitrogen and oxygen atoms in total. The molecule has 0 saturated carbocycles. The summed E-state index contributed by atoms with van der Waals surface area (Å²) in [6.07, 6.45) is 0.280. The van der Waals surface area contributed by atoms with E-state index in [-0.39, 0.29) is 12.2 Å². The average molecular weight is 267 g/mol. The van der Waals surface area contributed by atoms with Crippen LogP contribution >= 0.6 is 0 Å². The molecule has 0 bridgehead atoms. The zero-order chi connectivity index (χ0) is 14.1. The summed E-state index contributed by atoms with van der Waals surface area (Å²) < 4.78 is 16.0. The Hall–Kier alpha value is -1.10. The standard InChI is InChI=1S/C15H25NO3/c1-12(2)19-14-7-5-6-13(8-14)9-16-10-15(18-4)11-17-3/h5-8,12,15-16H,9-11H2,1-4H3. The van der Waals surface area contributed by atoms with Gasteiger partial charge in [-0.2, -0.15) is 0 Å². The highest BCUT2D eigenvalue weighted by atomic mass is 16.5. The Morgan fingerprint density at radius 1 is 1.21 bits per heavy atom. The zero-order valence-electron chi connectivity index (χ0n) is 12.3. The molecule has 1 atom stereocenters. The van der Waals surface area contributed by atoms with Crippen molar-refractivity contribution < 1.29 is 14.2 Å². The van der Waals surface area contributed by atoms with Crippen molar-refractivity contribution in [3.63, 3.8) is 0 Å². The smallest absolute Gasteiger partial charge is 0.120 e. The van der Waals surface area contributed by atoms with Gasteiger partial charge < -0.3 is 19.5 Å². The Kier molecular flexibility index (Phi) is 7.48. The Balaban J connectivity index is 2.40. The third-order valence-electron chi connectivity index (χ3n) is 2.66. The highest BCUT2D eigenvalue weighted by Gasteiger charge is 2.06. The largest absolute Gasteiger partial charge is 0.491 e. The van der Waals surface area contributed by atoms with E-state index in [0.29, 0.717) is 6.61 Å². The number of rotatable bonds is 9. The Bertz CT molecular complexity index is 355. The second-order valence-electron chi connectivity index (χ2n) is 4.76. The lowest BCUT2D eigenvalue weighted by atomic mass is 10.2. The maximum absolute atomic E-state index is 5.67. The summed E-state index contributed by atoms with van der Waals surface area (Å²) in [5.74, 6) is 0.912. The molecule has 1 N–H and O–H groups in total. The maximum atomic E-state index is 5.67. The monoisotopic (exact) mass is 267 g/mol. The van der Waals surface area contributed by atoms with Gasteiger partial charge in [0.15, 0.2) is 0 Å². The van der Waals surface area contributed by atoms with Gasteiger partial charge in [-0.05, 0) is 31.5 Å². The highest BCUT2D eigenvalue weighted by Crippen LogP contribution is 2.14. The van der Waals surface area contributed by atoms with E-state index in [4.69, 9.17) is 14.2 Å². The van der Waals surface area contributed by atoms with Gasteiger partial charge in [0.2, 0.25) is 0 Å². The summed E-state index contributed by atoms with van der Waals surface area (Å²) in [7, 11) is 3.38. The van der Waals surface area contributed by atoms with Gasteiger partial charge in [-0.1, -0.05) is 12.1 Å². The molecule has 19 heavy (non-hydrogen) atoms. The number of nitrogens with one attached hydrogen (secondary N) is 1. The molecule has 108 valence electrons. The molecule has 0 aliphatic carbocycles. The number of ether oxygens (including phenoxy) is 3. The van der Waals surface area contributed by atoms with E-state index in [1.807, 2.05) is 26.0 Å². The van der Waals surface area contributed by atoms with E-state index in [2.05, 4.69) is 17.4 Å². The Morgan fingerprint density at radius 3 is 2.63 bits per heavy atom. The Labute approximate surface area is 116 Å². The van der Waals surface area contributed by atoms with Crippen LogP contribution in [0.5, 0.6) is 5.75 Å². The third kappa shape index (κ3) is 6.57. The second-order valence-corrected chi connectivity index (χ2v) is 4.76. The van der Waals surface area contributed by atoms with E-state index in [1.165, 1.54) is 5.56 Å². The normalized spacial score (nSPS) is 12.7. The van der Waals surface area contributed by atoms with Crippen LogP contribution in [0.1, 0.15) is 19.4 Å². The lowest BCUT2D eigenvalue weighted by molar-refractivity contribution is 0.0288.